The molecular formula is C17H16N2O4S. The van der Waals surface area contributed by atoms with Crippen molar-refractivity contribution in [3.8, 4) is 16.9 Å². The second-order valence-corrected chi connectivity index (χ2v) is 6.82. The van der Waals surface area contributed by atoms with Gasteiger partial charge in [0.1, 0.15) is 5.75 Å². The van der Waals surface area contributed by atoms with Crippen LogP contribution >= 0.6 is 0 Å². The molecule has 2 aromatic carbocycles. The first-order valence-electron chi connectivity index (χ1n) is 7.19. The monoisotopic (exact) mass is 344 g/mol. The highest BCUT2D eigenvalue weighted by Gasteiger charge is 2.21. The summed E-state index contributed by atoms with van der Waals surface area (Å²) < 4.78 is 38.0. The molecule has 3 rings (SSSR count). The predicted molar refractivity (Wildman–Crippen MR) is 90.5 cm³/mol. The summed E-state index contributed by atoms with van der Waals surface area (Å²) in [5.41, 5.74) is 1.95. The summed E-state index contributed by atoms with van der Waals surface area (Å²) in [6.07, 6.45) is 1.48. The van der Waals surface area contributed by atoms with Crippen molar-refractivity contribution in [3.63, 3.8) is 0 Å². The number of benzene rings is 2. The molecule has 3 aromatic rings. The number of nitrogens with one attached hydrogen (secondary N) is 1. The quantitative estimate of drug-likeness (QED) is 0.766. The minimum atomic E-state index is -3.81. The van der Waals surface area contributed by atoms with Gasteiger partial charge in [-0.3, -0.25) is 0 Å². The molecule has 1 aromatic heterocycles. The molecule has 0 fully saturated rings. The SMILES string of the molecule is COc1ccc(S(=O)(=O)Nc2oncc2-c2ccccc2)c(C)c1. The molecular weight excluding hydrogens is 328 g/mol. The lowest BCUT2D eigenvalue weighted by Gasteiger charge is -2.10. The lowest BCUT2D eigenvalue weighted by molar-refractivity contribution is 0.414. The fraction of sp³-hybridized carbons (Fsp3) is 0.118. The fourth-order valence-electron chi connectivity index (χ4n) is 2.36. The number of anilines is 1. The Morgan fingerprint density at radius 1 is 1.12 bits per heavy atom. The van der Waals surface area contributed by atoms with E-state index in [1.807, 2.05) is 30.3 Å². The van der Waals surface area contributed by atoms with Crippen molar-refractivity contribution in [3.05, 3.63) is 60.3 Å². The van der Waals surface area contributed by atoms with Crippen molar-refractivity contribution in [2.45, 2.75) is 11.8 Å². The summed E-state index contributed by atoms with van der Waals surface area (Å²) in [6.45, 7) is 1.70. The van der Waals surface area contributed by atoms with Crippen LogP contribution in [0.3, 0.4) is 0 Å². The average Bonchev–Trinajstić information content (AvgIpc) is 3.02. The number of ether oxygens (including phenoxy) is 1. The third-order valence-electron chi connectivity index (χ3n) is 3.55. The van der Waals surface area contributed by atoms with Crippen LogP contribution in [0.2, 0.25) is 0 Å². The van der Waals surface area contributed by atoms with Gasteiger partial charge in [0, 0.05) is 0 Å². The van der Waals surface area contributed by atoms with E-state index < -0.39 is 10.0 Å². The van der Waals surface area contributed by atoms with Crippen molar-refractivity contribution in [2.24, 2.45) is 0 Å². The van der Waals surface area contributed by atoms with Crippen LogP contribution in [0.15, 0.2) is 64.1 Å². The number of aryl methyl sites for hydroxylation is 1. The molecule has 0 bridgehead atoms. The zero-order chi connectivity index (χ0) is 17.2. The molecule has 7 heteroatoms. The van der Waals surface area contributed by atoms with Gasteiger partial charge in [-0.15, -0.1) is 0 Å². The maximum atomic E-state index is 12.7. The first-order chi connectivity index (χ1) is 11.5. The predicted octanol–water partition coefficient (Wildman–Crippen LogP) is 3.46. The Kier molecular flexibility index (Phi) is 4.26. The number of sulfonamides is 1. The van der Waals surface area contributed by atoms with Crippen LogP contribution in [0.5, 0.6) is 5.75 Å². The molecule has 24 heavy (non-hydrogen) atoms. The van der Waals surface area contributed by atoms with Gasteiger partial charge in [0.15, 0.2) is 0 Å². The van der Waals surface area contributed by atoms with E-state index in [2.05, 4.69) is 9.88 Å². The average molecular weight is 344 g/mol. The van der Waals surface area contributed by atoms with Crippen LogP contribution in [0, 0.1) is 6.92 Å². The lowest BCUT2D eigenvalue weighted by Crippen LogP contribution is -2.14. The third kappa shape index (κ3) is 3.11. The first kappa shape index (κ1) is 16.1. The second-order valence-electron chi connectivity index (χ2n) is 5.17. The molecule has 0 radical (unpaired) electrons. The number of hydrogen-bond acceptors (Lipinski definition) is 5. The van der Waals surface area contributed by atoms with Gasteiger partial charge in [-0.05, 0) is 36.2 Å². The van der Waals surface area contributed by atoms with E-state index in [-0.39, 0.29) is 10.8 Å². The molecule has 0 amide bonds. The van der Waals surface area contributed by atoms with Crippen molar-refractivity contribution in [1.82, 2.24) is 5.16 Å². The van der Waals surface area contributed by atoms with E-state index in [4.69, 9.17) is 9.26 Å². The van der Waals surface area contributed by atoms with Gasteiger partial charge < -0.3 is 9.26 Å². The topological polar surface area (TPSA) is 81.4 Å². The summed E-state index contributed by atoms with van der Waals surface area (Å²) in [4.78, 5) is 0.152. The molecule has 0 aliphatic rings. The fourth-order valence-corrected chi connectivity index (χ4v) is 3.60. The molecule has 6 nitrogen and oxygen atoms in total. The van der Waals surface area contributed by atoms with E-state index >= 15 is 0 Å². The van der Waals surface area contributed by atoms with Crippen molar-refractivity contribution in [1.29, 1.82) is 0 Å². The van der Waals surface area contributed by atoms with Crippen molar-refractivity contribution in [2.75, 3.05) is 11.8 Å². The minimum Gasteiger partial charge on any atom is -0.497 e. The smallest absolute Gasteiger partial charge is 0.264 e. The highest BCUT2D eigenvalue weighted by molar-refractivity contribution is 7.92. The van der Waals surface area contributed by atoms with E-state index in [1.54, 1.807) is 19.1 Å². The zero-order valence-corrected chi connectivity index (χ0v) is 14.0. The van der Waals surface area contributed by atoms with Crippen LogP contribution in [0.4, 0.5) is 5.88 Å². The molecule has 0 atom stereocenters. The molecule has 1 heterocycles. The van der Waals surface area contributed by atoms with Crippen LogP contribution in [-0.4, -0.2) is 20.7 Å². The largest absolute Gasteiger partial charge is 0.497 e. The van der Waals surface area contributed by atoms with E-state index in [1.165, 1.54) is 19.4 Å². The minimum absolute atomic E-state index is 0.0800. The van der Waals surface area contributed by atoms with E-state index in [0.29, 0.717) is 16.9 Å². The third-order valence-corrected chi connectivity index (χ3v) is 5.05. The summed E-state index contributed by atoms with van der Waals surface area (Å²) in [6, 6.07) is 14.0. The Hall–Kier alpha value is -2.80. The maximum Gasteiger partial charge on any atom is 0.264 e. The Morgan fingerprint density at radius 3 is 2.54 bits per heavy atom. The Bertz CT molecular complexity index is 950. The molecule has 0 aliphatic carbocycles. The van der Waals surface area contributed by atoms with Gasteiger partial charge in [0.05, 0.1) is 23.8 Å². The molecule has 0 aliphatic heterocycles. The van der Waals surface area contributed by atoms with E-state index in [9.17, 15) is 8.42 Å². The normalized spacial score (nSPS) is 11.2. The number of aromatic nitrogens is 1. The summed E-state index contributed by atoms with van der Waals surface area (Å²) in [5.74, 6) is 0.674. The number of rotatable bonds is 5. The second kappa shape index (κ2) is 6.37. The number of hydrogen-bond donors (Lipinski definition) is 1. The summed E-state index contributed by atoms with van der Waals surface area (Å²) in [7, 11) is -2.28. The maximum absolute atomic E-state index is 12.7. The standard InChI is InChI=1S/C17H16N2O4S/c1-12-10-14(22-2)8-9-16(12)24(20,21)19-17-15(11-18-23-17)13-6-4-3-5-7-13/h3-11,19H,1-2H3. The van der Waals surface area contributed by atoms with Crippen molar-refractivity contribution < 1.29 is 17.7 Å². The van der Waals surface area contributed by atoms with Crippen LogP contribution in [0.25, 0.3) is 11.1 Å². The number of nitrogens with zero attached hydrogens (tertiary/aromatic N) is 1. The lowest BCUT2D eigenvalue weighted by atomic mass is 10.1. The molecule has 124 valence electrons. The first-order valence-corrected chi connectivity index (χ1v) is 8.67. The van der Waals surface area contributed by atoms with Gasteiger partial charge in [-0.1, -0.05) is 35.5 Å². The van der Waals surface area contributed by atoms with Crippen molar-refractivity contribution >= 4 is 15.9 Å². The van der Waals surface area contributed by atoms with Gasteiger partial charge in [0.2, 0.25) is 5.88 Å². The van der Waals surface area contributed by atoms with Gasteiger partial charge in [-0.25, -0.2) is 13.1 Å². The van der Waals surface area contributed by atoms with Gasteiger partial charge in [0.25, 0.3) is 10.0 Å². The summed E-state index contributed by atoms with van der Waals surface area (Å²) in [5, 5.41) is 3.70. The van der Waals surface area contributed by atoms with E-state index in [0.717, 1.165) is 5.56 Å². The molecule has 1 N–H and O–H groups in total. The van der Waals surface area contributed by atoms with Crippen LogP contribution < -0.4 is 9.46 Å². The Labute approximate surface area is 140 Å². The molecule has 0 spiro atoms. The molecule has 0 saturated heterocycles. The summed E-state index contributed by atoms with van der Waals surface area (Å²) >= 11 is 0. The highest BCUT2D eigenvalue weighted by Crippen LogP contribution is 2.30. The molecule has 0 saturated carbocycles. The number of methoxy groups -OCH3 is 1. The Balaban J connectivity index is 1.96. The zero-order valence-electron chi connectivity index (χ0n) is 13.2. The van der Waals surface area contributed by atoms with Gasteiger partial charge in [-0.2, -0.15) is 0 Å². The van der Waals surface area contributed by atoms with Crippen LogP contribution in [-0.2, 0) is 10.0 Å². The van der Waals surface area contributed by atoms with Crippen LogP contribution in [0.1, 0.15) is 5.56 Å². The van der Waals surface area contributed by atoms with Gasteiger partial charge >= 0.3 is 0 Å². The highest BCUT2D eigenvalue weighted by atomic mass is 32.2. The Morgan fingerprint density at radius 2 is 1.88 bits per heavy atom. The molecule has 0 unspecified atom stereocenters.